The minimum atomic E-state index is -1.88. The van der Waals surface area contributed by atoms with Crippen LogP contribution in [-0.2, 0) is 33.5 Å². The van der Waals surface area contributed by atoms with Gasteiger partial charge in [0.05, 0.1) is 0 Å². The quantitative estimate of drug-likeness (QED) is 0.312. The zero-order chi connectivity index (χ0) is 13.6. The van der Waals surface area contributed by atoms with Crippen molar-refractivity contribution in [2.24, 2.45) is 0 Å². The molecule has 9 nitrogen and oxygen atoms in total. The molecule has 9 heteroatoms. The molecule has 0 amide bonds. The fraction of sp³-hybridized carbons (Fsp3) is 0.250. The predicted molar refractivity (Wildman–Crippen MR) is 45.6 cm³/mol. The molecule has 0 aromatic heterocycles. The van der Waals surface area contributed by atoms with E-state index in [2.05, 4.69) is 4.74 Å². The second-order valence-electron chi connectivity index (χ2n) is 2.66. The number of ketones is 2. The molecule has 0 rings (SSSR count). The van der Waals surface area contributed by atoms with Gasteiger partial charge in [0.1, 0.15) is 12.8 Å². The lowest BCUT2D eigenvalue weighted by Crippen LogP contribution is -2.24. The van der Waals surface area contributed by atoms with E-state index >= 15 is 0 Å². The Morgan fingerprint density at radius 2 is 1.00 bits per heavy atom. The predicted octanol–water partition coefficient (Wildman–Crippen LogP) is -1.86. The molecule has 2 N–H and O–H groups in total. The van der Waals surface area contributed by atoms with E-state index in [0.29, 0.717) is 0 Å². The number of hydrogen-bond acceptors (Lipinski definition) is 7. The number of Topliss-reactive ketones (excluding diaryl/α,β-unsaturated/α-hetero) is 2. The van der Waals surface area contributed by atoms with Crippen molar-refractivity contribution in [3.8, 4) is 0 Å². The maximum absolute atomic E-state index is 10.7. The third-order valence-corrected chi connectivity index (χ3v) is 1.31. The Morgan fingerprint density at radius 3 is 1.24 bits per heavy atom. The van der Waals surface area contributed by atoms with Gasteiger partial charge in [-0.15, -0.1) is 0 Å². The molecule has 0 atom stereocenters. The third-order valence-electron chi connectivity index (χ3n) is 1.31. The summed E-state index contributed by atoms with van der Waals surface area (Å²) in [5.74, 6) is -9.69. The SMILES string of the molecule is O=C(CC(=O)C(=O)O)OC(=O)CC(=O)C(=O)O. The fourth-order valence-corrected chi connectivity index (χ4v) is 0.613. The van der Waals surface area contributed by atoms with Gasteiger partial charge in [-0.2, -0.15) is 0 Å². The maximum Gasteiger partial charge on any atom is 0.372 e. The van der Waals surface area contributed by atoms with Crippen LogP contribution in [0.5, 0.6) is 0 Å². The molecule has 0 aromatic carbocycles. The van der Waals surface area contributed by atoms with Gasteiger partial charge in [0.25, 0.3) is 11.6 Å². The van der Waals surface area contributed by atoms with Gasteiger partial charge in [-0.3, -0.25) is 19.2 Å². The molecule has 0 saturated carbocycles. The van der Waals surface area contributed by atoms with Crippen molar-refractivity contribution in [1.82, 2.24) is 0 Å². The Morgan fingerprint density at radius 1 is 0.706 bits per heavy atom. The summed E-state index contributed by atoms with van der Waals surface area (Å²) in [5, 5.41) is 16.2. The summed E-state index contributed by atoms with van der Waals surface area (Å²) in [6.45, 7) is 0. The normalized spacial score (nSPS) is 9.18. The van der Waals surface area contributed by atoms with Crippen molar-refractivity contribution < 1.29 is 43.7 Å². The lowest BCUT2D eigenvalue weighted by Gasteiger charge is -1.99. The van der Waals surface area contributed by atoms with Gasteiger partial charge in [0, 0.05) is 0 Å². The van der Waals surface area contributed by atoms with Crippen LogP contribution in [0.4, 0.5) is 0 Å². The van der Waals surface area contributed by atoms with E-state index in [4.69, 9.17) is 10.2 Å². The van der Waals surface area contributed by atoms with Gasteiger partial charge >= 0.3 is 23.9 Å². The van der Waals surface area contributed by atoms with Crippen LogP contribution in [-0.4, -0.2) is 45.7 Å². The van der Waals surface area contributed by atoms with Crippen molar-refractivity contribution in [3.05, 3.63) is 0 Å². The molecule has 0 unspecified atom stereocenters. The fourth-order valence-electron chi connectivity index (χ4n) is 0.613. The highest BCUT2D eigenvalue weighted by atomic mass is 16.6. The lowest BCUT2D eigenvalue weighted by atomic mass is 10.3. The summed E-state index contributed by atoms with van der Waals surface area (Å²) >= 11 is 0. The second-order valence-corrected chi connectivity index (χ2v) is 2.66. The van der Waals surface area contributed by atoms with Crippen LogP contribution in [0.25, 0.3) is 0 Å². The summed E-state index contributed by atoms with van der Waals surface area (Å²) in [7, 11) is 0. The number of carbonyl (C=O) groups excluding carboxylic acids is 4. The average molecular weight is 246 g/mol. The molecule has 0 aliphatic rings. The number of aliphatic carboxylic acids is 2. The number of carboxylic acid groups (broad SMARTS) is 2. The van der Waals surface area contributed by atoms with Crippen LogP contribution >= 0.6 is 0 Å². The summed E-state index contributed by atoms with van der Waals surface area (Å²) in [6.07, 6.45) is -2.36. The molecule has 0 bridgehead atoms. The van der Waals surface area contributed by atoms with Crippen molar-refractivity contribution in [2.75, 3.05) is 0 Å². The summed E-state index contributed by atoms with van der Waals surface area (Å²) in [5.41, 5.74) is 0. The van der Waals surface area contributed by atoms with E-state index < -0.39 is 48.3 Å². The number of esters is 2. The first-order chi connectivity index (χ1) is 7.73. The summed E-state index contributed by atoms with van der Waals surface area (Å²) in [6, 6.07) is 0. The minimum absolute atomic E-state index is 1.18. The van der Waals surface area contributed by atoms with Crippen molar-refractivity contribution >= 4 is 35.4 Å². The van der Waals surface area contributed by atoms with Crippen molar-refractivity contribution in [2.45, 2.75) is 12.8 Å². The molecular weight excluding hydrogens is 240 g/mol. The van der Waals surface area contributed by atoms with E-state index in [1.165, 1.54) is 0 Å². The summed E-state index contributed by atoms with van der Waals surface area (Å²) < 4.78 is 3.85. The van der Waals surface area contributed by atoms with Crippen LogP contribution in [0, 0.1) is 0 Å². The van der Waals surface area contributed by atoms with Gasteiger partial charge in [0.15, 0.2) is 0 Å². The largest absolute Gasteiger partial charge is 0.475 e. The zero-order valence-corrected chi connectivity index (χ0v) is 8.17. The van der Waals surface area contributed by atoms with E-state index in [-0.39, 0.29) is 0 Å². The van der Waals surface area contributed by atoms with Crippen LogP contribution in [0.15, 0.2) is 0 Å². The smallest absolute Gasteiger partial charge is 0.372 e. The standard InChI is InChI=1S/C8H6O9/c9-3(7(13)14)1-5(11)17-6(12)2-4(10)8(15)16/h1-2H2,(H,13,14)(H,15,16). The van der Waals surface area contributed by atoms with Gasteiger partial charge in [-0.25, -0.2) is 9.59 Å². The first-order valence-corrected chi connectivity index (χ1v) is 3.99. The van der Waals surface area contributed by atoms with Crippen molar-refractivity contribution in [3.63, 3.8) is 0 Å². The molecule has 0 saturated heterocycles. The highest BCUT2D eigenvalue weighted by Crippen LogP contribution is 1.94. The topological polar surface area (TPSA) is 152 Å². The molecule has 17 heavy (non-hydrogen) atoms. The number of rotatable bonds is 6. The molecule has 0 aliphatic carbocycles. The third kappa shape index (κ3) is 5.77. The first-order valence-electron chi connectivity index (χ1n) is 3.99. The Balaban J connectivity index is 4.18. The lowest BCUT2D eigenvalue weighted by molar-refractivity contribution is -0.164. The molecule has 0 aliphatic heterocycles. The molecule has 0 heterocycles. The van der Waals surface area contributed by atoms with Crippen LogP contribution < -0.4 is 0 Å². The first kappa shape index (κ1) is 14.4. The van der Waals surface area contributed by atoms with Crippen LogP contribution in [0.1, 0.15) is 12.8 Å². The van der Waals surface area contributed by atoms with Gasteiger partial charge < -0.3 is 14.9 Å². The Kier molecular flexibility index (Phi) is 5.18. The van der Waals surface area contributed by atoms with Gasteiger partial charge in [0.2, 0.25) is 0 Å². The molecule has 0 aromatic rings. The highest BCUT2D eigenvalue weighted by molar-refractivity contribution is 6.37. The Hall–Kier alpha value is -2.58. The Bertz CT molecular complexity index is 367. The van der Waals surface area contributed by atoms with E-state index in [9.17, 15) is 28.8 Å². The maximum atomic E-state index is 10.7. The average Bonchev–Trinajstić information content (AvgIpc) is 2.16. The van der Waals surface area contributed by atoms with Crippen LogP contribution in [0.2, 0.25) is 0 Å². The number of hydrogen-bond donors (Lipinski definition) is 2. The van der Waals surface area contributed by atoms with E-state index in [1.54, 1.807) is 0 Å². The molecule has 0 radical (unpaired) electrons. The van der Waals surface area contributed by atoms with E-state index in [0.717, 1.165) is 0 Å². The zero-order valence-electron chi connectivity index (χ0n) is 8.17. The number of carbonyl (C=O) groups is 6. The van der Waals surface area contributed by atoms with Crippen LogP contribution in [0.3, 0.4) is 0 Å². The van der Waals surface area contributed by atoms with E-state index in [1.807, 2.05) is 0 Å². The molecule has 0 spiro atoms. The van der Waals surface area contributed by atoms with Gasteiger partial charge in [-0.05, 0) is 0 Å². The highest BCUT2D eigenvalue weighted by Gasteiger charge is 2.23. The molecular formula is C8H6O9. The second kappa shape index (κ2) is 6.10. The number of carboxylic acids is 2. The minimum Gasteiger partial charge on any atom is -0.475 e. The molecule has 0 fully saturated rings. The summed E-state index contributed by atoms with van der Waals surface area (Å²) in [4.78, 5) is 62.5. The van der Waals surface area contributed by atoms with Gasteiger partial charge in [-0.1, -0.05) is 0 Å². The number of ether oxygens (including phenoxy) is 1. The Labute approximate surface area is 93.0 Å². The van der Waals surface area contributed by atoms with Crippen molar-refractivity contribution in [1.29, 1.82) is 0 Å². The molecule has 92 valence electrons. The monoisotopic (exact) mass is 246 g/mol.